The van der Waals surface area contributed by atoms with Gasteiger partial charge in [-0.15, -0.1) is 11.3 Å². The Labute approximate surface area is 281 Å². The monoisotopic (exact) mass is 631 g/mol. The van der Waals surface area contributed by atoms with Crippen molar-refractivity contribution in [3.63, 3.8) is 0 Å². The number of thiophene rings is 1. The van der Waals surface area contributed by atoms with Gasteiger partial charge < -0.3 is 0 Å². The Bertz CT molecular complexity index is 2830. The molecule has 3 heterocycles. The average molecular weight is 632 g/mol. The van der Waals surface area contributed by atoms with Crippen molar-refractivity contribution in [2.75, 3.05) is 0 Å². The van der Waals surface area contributed by atoms with Crippen LogP contribution in [0.15, 0.2) is 140 Å². The van der Waals surface area contributed by atoms with Crippen molar-refractivity contribution in [3.05, 3.63) is 151 Å². The van der Waals surface area contributed by atoms with Gasteiger partial charge in [0.25, 0.3) is 0 Å². The quantitative estimate of drug-likeness (QED) is 0.182. The molecule has 0 spiro atoms. The lowest BCUT2D eigenvalue weighted by molar-refractivity contribution is 0.998. The van der Waals surface area contributed by atoms with Crippen LogP contribution in [0.5, 0.6) is 0 Å². The van der Waals surface area contributed by atoms with Gasteiger partial charge in [0.05, 0.1) is 22.4 Å². The van der Waals surface area contributed by atoms with Gasteiger partial charge in [-0.25, -0.2) is 9.97 Å². The Kier molecular flexibility index (Phi) is 5.87. The standard InChI is InChI=1S/C44H29N3S/c1-26-11-15-28(16-12-26)38-25-39(29-17-13-27(2)14-18-29)46-44(45-38)47-40-9-5-3-7-32(40)35-21-19-30-31-20-23-37-33-8-4-6-10-41(33)48-43(37)36(31)24-22-34(30)42(35)47/h3-25H,1-2H3. The molecule has 226 valence electrons. The number of hydrogen-bond acceptors (Lipinski definition) is 3. The number of fused-ring (bicyclic) bond motifs is 11. The van der Waals surface area contributed by atoms with Crippen molar-refractivity contribution in [1.29, 1.82) is 0 Å². The zero-order valence-electron chi connectivity index (χ0n) is 26.5. The van der Waals surface area contributed by atoms with Gasteiger partial charge >= 0.3 is 0 Å². The van der Waals surface area contributed by atoms with Crippen LogP contribution < -0.4 is 0 Å². The number of para-hydroxylation sites is 1. The molecule has 0 bridgehead atoms. The maximum Gasteiger partial charge on any atom is 0.235 e. The second-order valence-electron chi connectivity index (χ2n) is 12.8. The second-order valence-corrected chi connectivity index (χ2v) is 13.8. The van der Waals surface area contributed by atoms with Crippen LogP contribution in [-0.4, -0.2) is 14.5 Å². The molecule has 0 aliphatic heterocycles. The van der Waals surface area contributed by atoms with Crippen molar-refractivity contribution in [2.24, 2.45) is 0 Å². The molecule has 0 radical (unpaired) electrons. The van der Waals surface area contributed by atoms with E-state index in [0.717, 1.165) is 33.5 Å². The van der Waals surface area contributed by atoms with E-state index in [1.54, 1.807) is 0 Å². The molecule has 3 nitrogen and oxygen atoms in total. The number of nitrogens with zero attached hydrogens (tertiary/aromatic N) is 3. The molecular formula is C44H29N3S. The van der Waals surface area contributed by atoms with Crippen LogP contribution in [0.4, 0.5) is 0 Å². The van der Waals surface area contributed by atoms with E-state index in [1.807, 2.05) is 11.3 Å². The van der Waals surface area contributed by atoms with Crippen molar-refractivity contribution < 1.29 is 0 Å². The van der Waals surface area contributed by atoms with Crippen LogP contribution in [-0.2, 0) is 0 Å². The van der Waals surface area contributed by atoms with E-state index in [-0.39, 0.29) is 0 Å². The molecule has 0 atom stereocenters. The predicted octanol–water partition coefficient (Wildman–Crippen LogP) is 12.2. The molecule has 7 aromatic carbocycles. The molecule has 4 heteroatoms. The zero-order chi connectivity index (χ0) is 31.9. The topological polar surface area (TPSA) is 30.7 Å². The first kappa shape index (κ1) is 27.3. The van der Waals surface area contributed by atoms with Gasteiger partial charge in [0, 0.05) is 52.8 Å². The third-order valence-electron chi connectivity index (χ3n) is 9.78. The fraction of sp³-hybridized carbons (Fsp3) is 0.0455. The van der Waals surface area contributed by atoms with Gasteiger partial charge in [-0.3, -0.25) is 4.57 Å². The highest BCUT2D eigenvalue weighted by atomic mass is 32.1. The summed E-state index contributed by atoms with van der Waals surface area (Å²) in [7, 11) is 0. The van der Waals surface area contributed by atoms with Crippen molar-refractivity contribution in [2.45, 2.75) is 13.8 Å². The second kappa shape index (κ2) is 10.3. The summed E-state index contributed by atoms with van der Waals surface area (Å²) in [6.45, 7) is 4.23. The molecule has 10 rings (SSSR count). The summed E-state index contributed by atoms with van der Waals surface area (Å²) >= 11 is 1.88. The van der Waals surface area contributed by atoms with E-state index in [0.29, 0.717) is 5.95 Å². The summed E-state index contributed by atoms with van der Waals surface area (Å²) in [4.78, 5) is 10.6. The normalized spacial score (nSPS) is 12.0. The minimum Gasteiger partial charge on any atom is -0.277 e. The maximum atomic E-state index is 5.31. The van der Waals surface area contributed by atoms with E-state index in [1.165, 1.54) is 63.6 Å². The largest absolute Gasteiger partial charge is 0.277 e. The van der Waals surface area contributed by atoms with Gasteiger partial charge in [0.15, 0.2) is 0 Å². The van der Waals surface area contributed by atoms with Crippen molar-refractivity contribution in [3.8, 4) is 28.5 Å². The van der Waals surface area contributed by atoms with E-state index in [9.17, 15) is 0 Å². The minimum atomic E-state index is 0.669. The molecule has 0 unspecified atom stereocenters. The summed E-state index contributed by atoms with van der Waals surface area (Å²) < 4.78 is 4.95. The van der Waals surface area contributed by atoms with Crippen LogP contribution >= 0.6 is 11.3 Å². The van der Waals surface area contributed by atoms with Gasteiger partial charge in [-0.2, -0.15) is 0 Å². The fourth-order valence-corrected chi connectivity index (χ4v) is 8.58. The summed E-state index contributed by atoms with van der Waals surface area (Å²) in [5, 5.41) is 10.0. The Hall–Kier alpha value is -5.84. The fourth-order valence-electron chi connectivity index (χ4n) is 7.35. The molecule has 48 heavy (non-hydrogen) atoms. The van der Waals surface area contributed by atoms with E-state index >= 15 is 0 Å². The molecule has 0 aliphatic carbocycles. The molecule has 0 saturated heterocycles. The molecule has 0 amide bonds. The Morgan fingerprint density at radius 3 is 1.62 bits per heavy atom. The minimum absolute atomic E-state index is 0.669. The Morgan fingerprint density at radius 2 is 0.958 bits per heavy atom. The van der Waals surface area contributed by atoms with Crippen LogP contribution in [0.25, 0.3) is 92.0 Å². The average Bonchev–Trinajstić information content (AvgIpc) is 3.68. The van der Waals surface area contributed by atoms with Crippen LogP contribution in [0.1, 0.15) is 11.1 Å². The summed E-state index contributed by atoms with van der Waals surface area (Å²) in [6, 6.07) is 50.5. The first-order chi connectivity index (χ1) is 23.6. The molecule has 0 saturated carbocycles. The van der Waals surface area contributed by atoms with Gasteiger partial charge in [-0.1, -0.05) is 132 Å². The lowest BCUT2D eigenvalue weighted by Gasteiger charge is -2.13. The number of benzene rings is 7. The van der Waals surface area contributed by atoms with E-state index in [2.05, 4.69) is 158 Å². The number of rotatable bonds is 3. The van der Waals surface area contributed by atoms with Crippen molar-refractivity contribution >= 4 is 74.9 Å². The summed E-state index contributed by atoms with van der Waals surface area (Å²) in [5.74, 6) is 0.669. The zero-order valence-corrected chi connectivity index (χ0v) is 27.3. The van der Waals surface area contributed by atoms with Gasteiger partial charge in [0.2, 0.25) is 5.95 Å². The van der Waals surface area contributed by atoms with Gasteiger partial charge in [0.1, 0.15) is 0 Å². The molecule has 3 aromatic heterocycles. The highest BCUT2D eigenvalue weighted by Gasteiger charge is 2.20. The molecule has 10 aromatic rings. The summed E-state index contributed by atoms with van der Waals surface area (Å²) in [5.41, 5.74) is 8.61. The maximum absolute atomic E-state index is 5.31. The molecule has 0 fully saturated rings. The smallest absolute Gasteiger partial charge is 0.235 e. The predicted molar refractivity (Wildman–Crippen MR) is 205 cm³/mol. The Balaban J connectivity index is 1.30. The molecule has 0 N–H and O–H groups in total. The third-order valence-corrected chi connectivity index (χ3v) is 11.0. The first-order valence-electron chi connectivity index (χ1n) is 16.3. The lowest BCUT2D eigenvalue weighted by atomic mass is 9.98. The SMILES string of the molecule is Cc1ccc(-c2cc(-c3ccc(C)cc3)nc(-n3c4ccccc4c4ccc5c6ccc7c8ccccc8sc7c6ccc5c43)n2)cc1. The highest BCUT2D eigenvalue weighted by molar-refractivity contribution is 7.26. The number of aryl methyl sites for hydroxylation is 2. The van der Waals surface area contributed by atoms with E-state index in [4.69, 9.17) is 9.97 Å². The third kappa shape index (κ3) is 4.06. The van der Waals surface area contributed by atoms with Crippen LogP contribution in [0, 0.1) is 13.8 Å². The lowest BCUT2D eigenvalue weighted by Crippen LogP contribution is -2.04. The van der Waals surface area contributed by atoms with E-state index < -0.39 is 0 Å². The van der Waals surface area contributed by atoms with Crippen LogP contribution in [0.3, 0.4) is 0 Å². The Morgan fingerprint density at radius 1 is 0.458 bits per heavy atom. The van der Waals surface area contributed by atoms with Gasteiger partial charge in [-0.05, 0) is 42.8 Å². The summed E-state index contributed by atoms with van der Waals surface area (Å²) in [6.07, 6.45) is 0. The molecular weight excluding hydrogens is 603 g/mol. The first-order valence-corrected chi connectivity index (χ1v) is 17.1. The van der Waals surface area contributed by atoms with Crippen molar-refractivity contribution in [1.82, 2.24) is 14.5 Å². The molecule has 0 aliphatic rings. The highest BCUT2D eigenvalue weighted by Crippen LogP contribution is 2.43. The number of aromatic nitrogens is 3. The number of hydrogen-bond donors (Lipinski definition) is 0. The van der Waals surface area contributed by atoms with Crippen LogP contribution in [0.2, 0.25) is 0 Å².